The molecule has 0 aliphatic carbocycles. The lowest BCUT2D eigenvalue weighted by Gasteiger charge is -2.41. The molecule has 0 radical (unpaired) electrons. The number of halogens is 1. The Kier molecular flexibility index (Phi) is 6.67. The minimum Gasteiger partial charge on any atom is -0.495 e. The summed E-state index contributed by atoms with van der Waals surface area (Å²) in [5.41, 5.74) is 3.55. The van der Waals surface area contributed by atoms with E-state index in [1.54, 1.807) is 36.3 Å². The summed E-state index contributed by atoms with van der Waals surface area (Å²) in [6.45, 7) is 0.682. The zero-order chi connectivity index (χ0) is 25.2. The zero-order valence-corrected chi connectivity index (χ0v) is 20.7. The Hall–Kier alpha value is -3.81. The molecule has 0 saturated carbocycles. The number of ether oxygens (including phenoxy) is 2. The van der Waals surface area contributed by atoms with E-state index < -0.39 is 12.0 Å². The van der Waals surface area contributed by atoms with Crippen molar-refractivity contribution in [2.75, 3.05) is 32.7 Å². The maximum absolute atomic E-state index is 14.0. The lowest BCUT2D eigenvalue weighted by atomic mass is 9.79. The number of para-hydroxylation sites is 1. The minimum absolute atomic E-state index is 0.130. The van der Waals surface area contributed by atoms with Crippen LogP contribution in [0.15, 0.2) is 72.9 Å². The maximum atomic E-state index is 14.0. The van der Waals surface area contributed by atoms with Crippen molar-refractivity contribution in [3.05, 3.63) is 94.6 Å². The number of hydrogen-bond donors (Lipinski definition) is 2. The van der Waals surface area contributed by atoms with Gasteiger partial charge in [0.05, 0.1) is 30.7 Å². The quantitative estimate of drug-likeness (QED) is 0.354. The van der Waals surface area contributed by atoms with Gasteiger partial charge in [-0.25, -0.2) is 0 Å². The van der Waals surface area contributed by atoms with Gasteiger partial charge in [0.15, 0.2) is 0 Å². The number of nitrogens with one attached hydrogen (secondary N) is 2. The van der Waals surface area contributed by atoms with Gasteiger partial charge in [0.1, 0.15) is 5.75 Å². The van der Waals surface area contributed by atoms with Gasteiger partial charge in [0.2, 0.25) is 5.91 Å². The van der Waals surface area contributed by atoms with Crippen LogP contribution in [-0.2, 0) is 9.53 Å². The molecule has 0 bridgehead atoms. The molecule has 0 saturated heterocycles. The summed E-state index contributed by atoms with van der Waals surface area (Å²) in [5.74, 6) is -0.523. The molecule has 2 heterocycles. The molecule has 2 amide bonds. The van der Waals surface area contributed by atoms with Gasteiger partial charge < -0.3 is 24.7 Å². The van der Waals surface area contributed by atoms with Crippen molar-refractivity contribution >= 4 is 40.0 Å². The fourth-order valence-electron chi connectivity index (χ4n) is 4.96. The largest absolute Gasteiger partial charge is 0.495 e. The van der Waals surface area contributed by atoms with E-state index in [-0.39, 0.29) is 11.8 Å². The standard InChI is InChI=1S/C28H26ClN3O4/c1-35-14-13-32-26(21-16-30-23-10-6-5-7-18(21)23)25(19-8-3-4-9-20(19)28(32)34)27(33)31-17-11-12-24(36-2)22(29)15-17/h3-12,15-16,25-26,30H,13-14H2,1-2H3,(H,31,33)/t25-,26+/m0/s1. The summed E-state index contributed by atoms with van der Waals surface area (Å²) in [5, 5.41) is 4.37. The Labute approximate surface area is 214 Å². The lowest BCUT2D eigenvalue weighted by molar-refractivity contribution is -0.119. The first-order chi connectivity index (χ1) is 17.5. The van der Waals surface area contributed by atoms with Gasteiger partial charge in [-0.3, -0.25) is 9.59 Å². The molecule has 0 spiro atoms. The fourth-order valence-corrected chi connectivity index (χ4v) is 5.22. The van der Waals surface area contributed by atoms with Crippen molar-refractivity contribution < 1.29 is 19.1 Å². The molecule has 0 unspecified atom stereocenters. The summed E-state index contributed by atoms with van der Waals surface area (Å²) < 4.78 is 10.6. The molecule has 7 nitrogen and oxygen atoms in total. The second-order valence-corrected chi connectivity index (χ2v) is 9.04. The monoisotopic (exact) mass is 503 g/mol. The summed E-state index contributed by atoms with van der Waals surface area (Å²) in [6, 6.07) is 19.7. The molecule has 2 N–H and O–H groups in total. The van der Waals surface area contributed by atoms with Crippen LogP contribution in [0.2, 0.25) is 5.02 Å². The maximum Gasteiger partial charge on any atom is 0.254 e. The second-order valence-electron chi connectivity index (χ2n) is 8.63. The Balaban J connectivity index is 1.64. The first-order valence-corrected chi connectivity index (χ1v) is 12.0. The molecule has 5 rings (SSSR count). The van der Waals surface area contributed by atoms with Gasteiger partial charge in [-0.15, -0.1) is 0 Å². The number of hydrogen-bond acceptors (Lipinski definition) is 4. The smallest absolute Gasteiger partial charge is 0.254 e. The molecule has 2 atom stereocenters. The number of methoxy groups -OCH3 is 2. The molecule has 36 heavy (non-hydrogen) atoms. The van der Waals surface area contributed by atoms with Crippen LogP contribution in [0.1, 0.15) is 33.4 Å². The van der Waals surface area contributed by atoms with Crippen LogP contribution in [0.25, 0.3) is 10.9 Å². The lowest BCUT2D eigenvalue weighted by Crippen LogP contribution is -2.47. The Bertz CT molecular complexity index is 1430. The van der Waals surface area contributed by atoms with Crippen LogP contribution < -0.4 is 10.1 Å². The molecule has 3 aromatic carbocycles. The average molecular weight is 504 g/mol. The van der Waals surface area contributed by atoms with Crippen molar-refractivity contribution in [1.29, 1.82) is 0 Å². The highest BCUT2D eigenvalue weighted by atomic mass is 35.5. The highest BCUT2D eigenvalue weighted by Crippen LogP contribution is 2.45. The third kappa shape index (κ3) is 4.21. The number of aromatic amines is 1. The third-order valence-corrected chi connectivity index (χ3v) is 6.91. The average Bonchev–Trinajstić information content (AvgIpc) is 3.32. The van der Waals surface area contributed by atoms with Gasteiger partial charge in [-0.05, 0) is 35.9 Å². The number of carbonyl (C=O) groups is 2. The van der Waals surface area contributed by atoms with Crippen LogP contribution in [0.3, 0.4) is 0 Å². The van der Waals surface area contributed by atoms with Gasteiger partial charge in [-0.2, -0.15) is 0 Å². The minimum atomic E-state index is -0.671. The van der Waals surface area contributed by atoms with E-state index in [0.29, 0.717) is 40.7 Å². The summed E-state index contributed by atoms with van der Waals surface area (Å²) in [6.07, 6.45) is 1.89. The van der Waals surface area contributed by atoms with Crippen molar-refractivity contribution in [3.8, 4) is 5.75 Å². The van der Waals surface area contributed by atoms with E-state index in [4.69, 9.17) is 21.1 Å². The van der Waals surface area contributed by atoms with Gasteiger partial charge in [-0.1, -0.05) is 48.0 Å². The normalized spacial score (nSPS) is 17.2. The van der Waals surface area contributed by atoms with Crippen LogP contribution in [-0.4, -0.2) is 49.1 Å². The molecule has 1 aliphatic rings. The Morgan fingerprint density at radius 3 is 2.61 bits per heavy atom. The second kappa shape index (κ2) is 10.0. The first-order valence-electron chi connectivity index (χ1n) is 11.6. The predicted molar refractivity (Wildman–Crippen MR) is 140 cm³/mol. The number of aromatic nitrogens is 1. The van der Waals surface area contributed by atoms with E-state index in [2.05, 4.69) is 10.3 Å². The van der Waals surface area contributed by atoms with Crippen molar-refractivity contribution in [3.63, 3.8) is 0 Å². The number of H-pyrrole nitrogens is 1. The topological polar surface area (TPSA) is 83.7 Å². The van der Waals surface area contributed by atoms with Crippen LogP contribution in [0.4, 0.5) is 5.69 Å². The van der Waals surface area contributed by atoms with Crippen LogP contribution >= 0.6 is 11.6 Å². The number of benzene rings is 3. The first kappa shape index (κ1) is 23.9. The molecule has 8 heteroatoms. The van der Waals surface area contributed by atoms with Gasteiger partial charge >= 0.3 is 0 Å². The van der Waals surface area contributed by atoms with Crippen molar-refractivity contribution in [1.82, 2.24) is 9.88 Å². The molecular weight excluding hydrogens is 478 g/mol. The Morgan fingerprint density at radius 1 is 1.06 bits per heavy atom. The Morgan fingerprint density at radius 2 is 1.83 bits per heavy atom. The number of fused-ring (bicyclic) bond motifs is 2. The van der Waals surface area contributed by atoms with E-state index in [9.17, 15) is 9.59 Å². The summed E-state index contributed by atoms with van der Waals surface area (Å²) in [4.78, 5) is 32.7. The van der Waals surface area contributed by atoms with Crippen molar-refractivity contribution in [2.24, 2.45) is 0 Å². The highest BCUT2D eigenvalue weighted by molar-refractivity contribution is 6.32. The molecule has 1 aliphatic heterocycles. The highest BCUT2D eigenvalue weighted by Gasteiger charge is 2.44. The van der Waals surface area contributed by atoms with Crippen molar-refractivity contribution in [2.45, 2.75) is 12.0 Å². The zero-order valence-electron chi connectivity index (χ0n) is 20.0. The predicted octanol–water partition coefficient (Wildman–Crippen LogP) is 5.40. The van der Waals surface area contributed by atoms with Gasteiger partial charge in [0.25, 0.3) is 5.91 Å². The molecule has 0 fully saturated rings. The number of anilines is 1. The van der Waals surface area contributed by atoms with E-state index in [1.807, 2.05) is 48.7 Å². The number of rotatable bonds is 7. The molecule has 1 aromatic heterocycles. The fraction of sp³-hybridized carbons (Fsp3) is 0.214. The SMILES string of the molecule is COCCN1C(=O)c2ccccc2[C@H](C(=O)Nc2ccc(OC)c(Cl)c2)[C@H]1c1c[nH]c2ccccc12. The summed E-state index contributed by atoms with van der Waals surface area (Å²) >= 11 is 6.31. The van der Waals surface area contributed by atoms with E-state index >= 15 is 0 Å². The number of nitrogens with zero attached hydrogens (tertiary/aromatic N) is 1. The van der Waals surface area contributed by atoms with Crippen LogP contribution in [0, 0.1) is 0 Å². The third-order valence-electron chi connectivity index (χ3n) is 6.62. The van der Waals surface area contributed by atoms with Crippen LogP contribution in [0.5, 0.6) is 5.75 Å². The number of amides is 2. The van der Waals surface area contributed by atoms with Gasteiger partial charge in [0, 0.05) is 47.6 Å². The number of carbonyl (C=O) groups excluding carboxylic acids is 2. The summed E-state index contributed by atoms with van der Waals surface area (Å²) in [7, 11) is 3.14. The molecular formula is C28H26ClN3O4. The van der Waals surface area contributed by atoms with E-state index in [0.717, 1.165) is 16.5 Å². The molecule has 184 valence electrons. The molecule has 4 aromatic rings. The van der Waals surface area contributed by atoms with E-state index in [1.165, 1.54) is 7.11 Å².